The summed E-state index contributed by atoms with van der Waals surface area (Å²) in [5.41, 5.74) is 2.68. The highest BCUT2D eigenvalue weighted by atomic mass is 16.3. The first-order valence-electron chi connectivity index (χ1n) is 7.40. The van der Waals surface area contributed by atoms with Crippen LogP contribution in [0.4, 0.5) is 0 Å². The standard InChI is InChI=1S/C16H24N2O2/c1-3-16(4-2,11-19)18-15(20)13-6-5-12-7-8-17-10-14(12)9-13/h5-6,9,17,19H,3-4,7-8,10-11H2,1-2H3,(H,18,20). The molecular formula is C16H24N2O2. The van der Waals surface area contributed by atoms with E-state index < -0.39 is 5.54 Å². The van der Waals surface area contributed by atoms with Gasteiger partial charge in [-0.05, 0) is 49.1 Å². The van der Waals surface area contributed by atoms with Crippen LogP contribution in [0, 0.1) is 0 Å². The maximum absolute atomic E-state index is 12.4. The van der Waals surface area contributed by atoms with Gasteiger partial charge in [0, 0.05) is 12.1 Å². The number of fused-ring (bicyclic) bond motifs is 1. The van der Waals surface area contributed by atoms with Crippen LogP contribution in [-0.2, 0) is 13.0 Å². The van der Waals surface area contributed by atoms with Crippen molar-refractivity contribution in [3.63, 3.8) is 0 Å². The van der Waals surface area contributed by atoms with Crippen molar-refractivity contribution in [1.82, 2.24) is 10.6 Å². The minimum absolute atomic E-state index is 0.0295. The molecule has 1 heterocycles. The van der Waals surface area contributed by atoms with Gasteiger partial charge in [0.2, 0.25) is 0 Å². The van der Waals surface area contributed by atoms with E-state index in [1.807, 2.05) is 32.0 Å². The highest BCUT2D eigenvalue weighted by molar-refractivity contribution is 5.95. The minimum atomic E-state index is -0.509. The SMILES string of the molecule is CCC(CC)(CO)NC(=O)c1ccc2c(c1)CNCC2. The van der Waals surface area contributed by atoms with E-state index >= 15 is 0 Å². The zero-order chi connectivity index (χ0) is 14.6. The highest BCUT2D eigenvalue weighted by Gasteiger charge is 2.27. The Hall–Kier alpha value is -1.39. The van der Waals surface area contributed by atoms with Gasteiger partial charge in [-0.2, -0.15) is 0 Å². The van der Waals surface area contributed by atoms with Crippen LogP contribution < -0.4 is 10.6 Å². The molecule has 4 heteroatoms. The van der Waals surface area contributed by atoms with Gasteiger partial charge in [-0.15, -0.1) is 0 Å². The number of amides is 1. The molecule has 0 atom stereocenters. The third kappa shape index (κ3) is 3.02. The smallest absolute Gasteiger partial charge is 0.251 e. The number of nitrogens with one attached hydrogen (secondary N) is 2. The molecule has 1 aliphatic heterocycles. The second kappa shape index (κ2) is 6.37. The maximum atomic E-state index is 12.4. The van der Waals surface area contributed by atoms with Crippen molar-refractivity contribution in [2.24, 2.45) is 0 Å². The van der Waals surface area contributed by atoms with Crippen LogP contribution in [0.15, 0.2) is 18.2 Å². The number of rotatable bonds is 5. The van der Waals surface area contributed by atoms with Gasteiger partial charge in [0.25, 0.3) is 5.91 Å². The molecule has 110 valence electrons. The monoisotopic (exact) mass is 276 g/mol. The lowest BCUT2D eigenvalue weighted by Crippen LogP contribution is -2.50. The van der Waals surface area contributed by atoms with Gasteiger partial charge in [-0.1, -0.05) is 19.9 Å². The summed E-state index contributed by atoms with van der Waals surface area (Å²) < 4.78 is 0. The van der Waals surface area contributed by atoms with Crippen LogP contribution in [0.2, 0.25) is 0 Å². The van der Waals surface area contributed by atoms with Gasteiger partial charge in [0.15, 0.2) is 0 Å². The first kappa shape index (κ1) is 15.0. The Morgan fingerprint density at radius 1 is 1.35 bits per heavy atom. The van der Waals surface area contributed by atoms with Crippen molar-refractivity contribution in [3.8, 4) is 0 Å². The predicted octanol–water partition coefficient (Wildman–Crippen LogP) is 1.61. The number of hydrogen-bond acceptors (Lipinski definition) is 3. The largest absolute Gasteiger partial charge is 0.394 e. The average Bonchev–Trinajstić information content (AvgIpc) is 2.52. The normalized spacial score (nSPS) is 14.8. The molecule has 1 aromatic rings. The second-order valence-corrected chi connectivity index (χ2v) is 5.51. The number of carbonyl (C=O) groups is 1. The molecule has 0 aromatic heterocycles. The van der Waals surface area contributed by atoms with E-state index in [1.165, 1.54) is 11.1 Å². The van der Waals surface area contributed by atoms with Crippen molar-refractivity contribution in [3.05, 3.63) is 34.9 Å². The summed E-state index contributed by atoms with van der Waals surface area (Å²) in [5, 5.41) is 15.9. The molecule has 2 rings (SSSR count). The molecule has 0 aliphatic carbocycles. The van der Waals surface area contributed by atoms with Crippen LogP contribution in [0.25, 0.3) is 0 Å². The zero-order valence-electron chi connectivity index (χ0n) is 12.3. The summed E-state index contributed by atoms with van der Waals surface area (Å²) in [6.07, 6.45) is 2.46. The summed E-state index contributed by atoms with van der Waals surface area (Å²) in [4.78, 5) is 12.4. The van der Waals surface area contributed by atoms with E-state index in [2.05, 4.69) is 10.6 Å². The maximum Gasteiger partial charge on any atom is 0.251 e. The molecular weight excluding hydrogens is 252 g/mol. The molecule has 0 saturated carbocycles. The fourth-order valence-corrected chi connectivity index (χ4v) is 2.62. The fourth-order valence-electron chi connectivity index (χ4n) is 2.62. The number of benzene rings is 1. The van der Waals surface area contributed by atoms with Crippen molar-refractivity contribution in [2.75, 3.05) is 13.2 Å². The predicted molar refractivity (Wildman–Crippen MR) is 79.7 cm³/mol. The van der Waals surface area contributed by atoms with E-state index in [0.29, 0.717) is 5.56 Å². The molecule has 0 saturated heterocycles. The molecule has 1 amide bonds. The summed E-state index contributed by atoms with van der Waals surface area (Å²) in [5.74, 6) is -0.101. The third-order valence-electron chi connectivity index (χ3n) is 4.39. The molecule has 0 unspecified atom stereocenters. The highest BCUT2D eigenvalue weighted by Crippen LogP contribution is 2.18. The lowest BCUT2D eigenvalue weighted by Gasteiger charge is -2.31. The van der Waals surface area contributed by atoms with Crippen LogP contribution in [-0.4, -0.2) is 29.7 Å². The lowest BCUT2D eigenvalue weighted by atomic mass is 9.92. The Balaban J connectivity index is 2.17. The molecule has 1 aromatic carbocycles. The van der Waals surface area contributed by atoms with Gasteiger partial charge in [0.1, 0.15) is 0 Å². The first-order chi connectivity index (χ1) is 9.64. The van der Waals surface area contributed by atoms with E-state index in [4.69, 9.17) is 0 Å². The number of aliphatic hydroxyl groups is 1. The zero-order valence-corrected chi connectivity index (χ0v) is 12.3. The Kier molecular flexibility index (Phi) is 4.78. The Morgan fingerprint density at radius 2 is 2.10 bits per heavy atom. The van der Waals surface area contributed by atoms with Gasteiger partial charge in [-0.25, -0.2) is 0 Å². The van der Waals surface area contributed by atoms with Gasteiger partial charge in [0.05, 0.1) is 12.1 Å². The van der Waals surface area contributed by atoms with Crippen molar-refractivity contribution >= 4 is 5.91 Å². The first-order valence-corrected chi connectivity index (χ1v) is 7.40. The topological polar surface area (TPSA) is 61.4 Å². The fraction of sp³-hybridized carbons (Fsp3) is 0.562. The Morgan fingerprint density at radius 3 is 2.75 bits per heavy atom. The lowest BCUT2D eigenvalue weighted by molar-refractivity contribution is 0.0817. The Bertz CT molecular complexity index is 473. The van der Waals surface area contributed by atoms with Crippen LogP contribution in [0.3, 0.4) is 0 Å². The van der Waals surface area contributed by atoms with E-state index in [0.717, 1.165) is 32.4 Å². The van der Waals surface area contributed by atoms with E-state index in [9.17, 15) is 9.90 Å². The summed E-state index contributed by atoms with van der Waals surface area (Å²) in [6.45, 7) is 5.76. The molecule has 0 spiro atoms. The molecule has 4 nitrogen and oxygen atoms in total. The summed E-state index contributed by atoms with van der Waals surface area (Å²) in [7, 11) is 0. The molecule has 0 bridgehead atoms. The number of hydrogen-bond donors (Lipinski definition) is 3. The molecule has 0 fully saturated rings. The van der Waals surface area contributed by atoms with E-state index in [1.54, 1.807) is 0 Å². The molecule has 0 radical (unpaired) electrons. The average molecular weight is 276 g/mol. The molecule has 20 heavy (non-hydrogen) atoms. The quantitative estimate of drug-likeness (QED) is 0.766. The van der Waals surface area contributed by atoms with E-state index in [-0.39, 0.29) is 12.5 Å². The van der Waals surface area contributed by atoms with Crippen molar-refractivity contribution < 1.29 is 9.90 Å². The van der Waals surface area contributed by atoms with Crippen LogP contribution in [0.1, 0.15) is 48.2 Å². The number of carbonyl (C=O) groups excluding carboxylic acids is 1. The van der Waals surface area contributed by atoms with Crippen LogP contribution >= 0.6 is 0 Å². The van der Waals surface area contributed by atoms with Gasteiger partial charge >= 0.3 is 0 Å². The van der Waals surface area contributed by atoms with Gasteiger partial charge in [-0.3, -0.25) is 4.79 Å². The van der Waals surface area contributed by atoms with Crippen molar-refractivity contribution in [2.45, 2.75) is 45.2 Å². The molecule has 3 N–H and O–H groups in total. The number of aliphatic hydroxyl groups excluding tert-OH is 1. The third-order valence-corrected chi connectivity index (χ3v) is 4.39. The van der Waals surface area contributed by atoms with Gasteiger partial charge < -0.3 is 15.7 Å². The van der Waals surface area contributed by atoms with Crippen LogP contribution in [0.5, 0.6) is 0 Å². The minimum Gasteiger partial charge on any atom is -0.394 e. The molecule has 1 aliphatic rings. The second-order valence-electron chi connectivity index (χ2n) is 5.51. The summed E-state index contributed by atoms with van der Waals surface area (Å²) >= 11 is 0. The van der Waals surface area contributed by atoms with Crippen molar-refractivity contribution in [1.29, 1.82) is 0 Å². The summed E-state index contributed by atoms with van der Waals surface area (Å²) in [6, 6.07) is 5.89. The Labute approximate surface area is 120 Å².